The number of aliphatic hydroxyl groups is 1. The summed E-state index contributed by atoms with van der Waals surface area (Å²) < 4.78 is 0. The van der Waals surface area contributed by atoms with Crippen LogP contribution in [-0.2, 0) is 6.54 Å². The Morgan fingerprint density at radius 3 is 2.75 bits per heavy atom. The molecule has 0 amide bonds. The van der Waals surface area contributed by atoms with Crippen LogP contribution >= 0.6 is 11.3 Å². The summed E-state index contributed by atoms with van der Waals surface area (Å²) in [6.45, 7) is 2.79. The maximum atomic E-state index is 9.51. The van der Waals surface area contributed by atoms with Crippen LogP contribution in [0.5, 0.6) is 0 Å². The fourth-order valence-electron chi connectivity index (χ4n) is 2.39. The van der Waals surface area contributed by atoms with E-state index in [-0.39, 0.29) is 6.10 Å². The first kappa shape index (κ1) is 13.5. The van der Waals surface area contributed by atoms with Crippen molar-refractivity contribution < 1.29 is 5.11 Å². The minimum absolute atomic E-state index is 0.114. The minimum atomic E-state index is -0.114. The van der Waals surface area contributed by atoms with Crippen molar-refractivity contribution >= 4 is 22.2 Å². The molecule has 1 aromatic carbocycles. The highest BCUT2D eigenvalue weighted by Crippen LogP contribution is 2.22. The zero-order valence-corrected chi connectivity index (χ0v) is 12.1. The lowest BCUT2D eigenvalue weighted by molar-refractivity contribution is 0.0787. The lowest BCUT2D eigenvalue weighted by atomic mass is 10.1. The maximum absolute atomic E-state index is 9.51. The Hall–Kier alpha value is -1.43. The van der Waals surface area contributed by atoms with Gasteiger partial charge in [-0.3, -0.25) is 4.90 Å². The standard InChI is InChI=1S/C15H19N3OS/c19-14-6-8-18(9-7-14)10-13-11-20-15(17-13)16-12-4-2-1-3-5-12/h1-5,11,14,19H,6-10H2,(H,16,17). The van der Waals surface area contributed by atoms with Gasteiger partial charge in [-0.05, 0) is 25.0 Å². The van der Waals surface area contributed by atoms with Crippen LogP contribution in [0.2, 0.25) is 0 Å². The monoisotopic (exact) mass is 289 g/mol. The second-order valence-electron chi connectivity index (χ2n) is 5.14. The smallest absolute Gasteiger partial charge is 0.187 e. The lowest BCUT2D eigenvalue weighted by Crippen LogP contribution is -2.35. The molecule has 0 saturated carbocycles. The number of likely N-dealkylation sites (tertiary alicyclic amines) is 1. The van der Waals surface area contributed by atoms with Crippen molar-refractivity contribution in [2.24, 2.45) is 0 Å². The van der Waals surface area contributed by atoms with E-state index in [4.69, 9.17) is 0 Å². The highest BCUT2D eigenvalue weighted by molar-refractivity contribution is 7.13. The van der Waals surface area contributed by atoms with Crippen LogP contribution < -0.4 is 5.32 Å². The fourth-order valence-corrected chi connectivity index (χ4v) is 3.11. The normalized spacial score (nSPS) is 17.2. The van der Waals surface area contributed by atoms with E-state index in [2.05, 4.69) is 20.6 Å². The number of piperidine rings is 1. The Balaban J connectivity index is 1.57. The molecule has 5 heteroatoms. The van der Waals surface area contributed by atoms with Crippen molar-refractivity contribution in [2.75, 3.05) is 18.4 Å². The van der Waals surface area contributed by atoms with Crippen LogP contribution in [0.1, 0.15) is 18.5 Å². The molecular weight excluding hydrogens is 270 g/mol. The van der Waals surface area contributed by atoms with E-state index in [0.717, 1.165) is 49.0 Å². The zero-order valence-electron chi connectivity index (χ0n) is 11.3. The number of anilines is 2. The molecule has 0 aliphatic carbocycles. The molecule has 20 heavy (non-hydrogen) atoms. The molecule has 106 valence electrons. The molecule has 2 N–H and O–H groups in total. The van der Waals surface area contributed by atoms with Crippen LogP contribution in [0.15, 0.2) is 35.7 Å². The molecule has 0 spiro atoms. The van der Waals surface area contributed by atoms with Gasteiger partial charge in [-0.15, -0.1) is 11.3 Å². The highest BCUT2D eigenvalue weighted by atomic mass is 32.1. The molecule has 0 radical (unpaired) electrons. The van der Waals surface area contributed by atoms with Crippen molar-refractivity contribution in [1.29, 1.82) is 0 Å². The molecule has 1 aromatic heterocycles. The number of rotatable bonds is 4. The van der Waals surface area contributed by atoms with Gasteiger partial charge >= 0.3 is 0 Å². The van der Waals surface area contributed by atoms with E-state index in [1.807, 2.05) is 30.3 Å². The summed E-state index contributed by atoms with van der Waals surface area (Å²) >= 11 is 1.64. The Labute approximate surface area is 123 Å². The average Bonchev–Trinajstić information content (AvgIpc) is 2.90. The molecular formula is C15H19N3OS. The minimum Gasteiger partial charge on any atom is -0.393 e. The Morgan fingerprint density at radius 2 is 2.00 bits per heavy atom. The van der Waals surface area contributed by atoms with Crippen LogP contribution in [-0.4, -0.2) is 34.2 Å². The Morgan fingerprint density at radius 1 is 1.25 bits per heavy atom. The van der Waals surface area contributed by atoms with Crippen molar-refractivity contribution in [3.05, 3.63) is 41.4 Å². The summed E-state index contributed by atoms with van der Waals surface area (Å²) in [4.78, 5) is 6.98. The topological polar surface area (TPSA) is 48.4 Å². The van der Waals surface area contributed by atoms with Gasteiger partial charge in [0, 0.05) is 30.7 Å². The van der Waals surface area contributed by atoms with Gasteiger partial charge in [0.05, 0.1) is 11.8 Å². The number of hydrogen-bond donors (Lipinski definition) is 2. The highest BCUT2D eigenvalue weighted by Gasteiger charge is 2.17. The van der Waals surface area contributed by atoms with E-state index >= 15 is 0 Å². The Kier molecular flexibility index (Phi) is 4.30. The molecule has 3 rings (SSSR count). The van der Waals surface area contributed by atoms with Gasteiger partial charge in [-0.1, -0.05) is 18.2 Å². The maximum Gasteiger partial charge on any atom is 0.187 e. The van der Waals surface area contributed by atoms with Gasteiger partial charge in [-0.2, -0.15) is 0 Å². The number of hydrogen-bond acceptors (Lipinski definition) is 5. The first-order valence-corrected chi connectivity index (χ1v) is 7.84. The molecule has 1 saturated heterocycles. The molecule has 1 aliphatic rings. The molecule has 2 heterocycles. The number of aromatic nitrogens is 1. The Bertz CT molecular complexity index is 535. The average molecular weight is 289 g/mol. The van der Waals surface area contributed by atoms with E-state index in [1.54, 1.807) is 11.3 Å². The second-order valence-corrected chi connectivity index (χ2v) is 6.00. The first-order chi connectivity index (χ1) is 9.79. The summed E-state index contributed by atoms with van der Waals surface area (Å²) in [6, 6.07) is 10.1. The zero-order chi connectivity index (χ0) is 13.8. The molecule has 0 bridgehead atoms. The van der Waals surface area contributed by atoms with Gasteiger partial charge in [0.25, 0.3) is 0 Å². The van der Waals surface area contributed by atoms with Crippen molar-refractivity contribution in [3.8, 4) is 0 Å². The molecule has 0 atom stereocenters. The number of para-hydroxylation sites is 1. The largest absolute Gasteiger partial charge is 0.393 e. The first-order valence-electron chi connectivity index (χ1n) is 6.96. The number of thiazole rings is 1. The summed E-state index contributed by atoms with van der Waals surface area (Å²) in [5.74, 6) is 0. The number of nitrogens with one attached hydrogen (secondary N) is 1. The molecule has 1 fully saturated rings. The number of nitrogens with zero attached hydrogens (tertiary/aromatic N) is 2. The fraction of sp³-hybridized carbons (Fsp3) is 0.400. The van der Waals surface area contributed by atoms with Crippen LogP contribution in [0.4, 0.5) is 10.8 Å². The van der Waals surface area contributed by atoms with Crippen molar-refractivity contribution in [3.63, 3.8) is 0 Å². The summed E-state index contributed by atoms with van der Waals surface area (Å²) in [7, 11) is 0. The van der Waals surface area contributed by atoms with Gasteiger partial charge in [0.1, 0.15) is 0 Å². The van der Waals surface area contributed by atoms with E-state index in [0.29, 0.717) is 0 Å². The van der Waals surface area contributed by atoms with Gasteiger partial charge < -0.3 is 10.4 Å². The molecule has 1 aliphatic heterocycles. The lowest BCUT2D eigenvalue weighted by Gasteiger charge is -2.28. The van der Waals surface area contributed by atoms with Crippen molar-refractivity contribution in [1.82, 2.24) is 9.88 Å². The summed E-state index contributed by atoms with van der Waals surface area (Å²) in [5.41, 5.74) is 2.17. The number of benzene rings is 1. The van der Waals surface area contributed by atoms with E-state index in [9.17, 15) is 5.11 Å². The van der Waals surface area contributed by atoms with Gasteiger partial charge in [0.15, 0.2) is 5.13 Å². The van der Waals surface area contributed by atoms with E-state index in [1.165, 1.54) is 0 Å². The third kappa shape index (κ3) is 3.56. The van der Waals surface area contributed by atoms with Gasteiger partial charge in [-0.25, -0.2) is 4.98 Å². The predicted octanol–water partition coefficient (Wildman–Crippen LogP) is 2.84. The summed E-state index contributed by atoms with van der Waals surface area (Å²) in [5, 5.41) is 15.9. The van der Waals surface area contributed by atoms with Gasteiger partial charge in [0.2, 0.25) is 0 Å². The van der Waals surface area contributed by atoms with Crippen LogP contribution in [0.3, 0.4) is 0 Å². The second kappa shape index (κ2) is 6.35. The van der Waals surface area contributed by atoms with Crippen molar-refractivity contribution in [2.45, 2.75) is 25.5 Å². The predicted molar refractivity (Wildman–Crippen MR) is 82.4 cm³/mol. The quantitative estimate of drug-likeness (QED) is 0.908. The molecule has 4 nitrogen and oxygen atoms in total. The van der Waals surface area contributed by atoms with Crippen LogP contribution in [0, 0.1) is 0 Å². The molecule has 2 aromatic rings. The third-order valence-electron chi connectivity index (χ3n) is 3.52. The summed E-state index contributed by atoms with van der Waals surface area (Å²) in [6.07, 6.45) is 1.63. The van der Waals surface area contributed by atoms with E-state index < -0.39 is 0 Å². The third-order valence-corrected chi connectivity index (χ3v) is 4.33. The number of aliphatic hydroxyl groups excluding tert-OH is 1. The SMILES string of the molecule is OC1CCN(Cc2csc(Nc3ccccc3)n2)CC1. The molecule has 0 unspecified atom stereocenters. The van der Waals surface area contributed by atoms with Crippen LogP contribution in [0.25, 0.3) is 0 Å².